The van der Waals surface area contributed by atoms with E-state index in [-0.39, 0.29) is 0 Å². The summed E-state index contributed by atoms with van der Waals surface area (Å²) >= 11 is 0. The number of benzene rings is 7. The van der Waals surface area contributed by atoms with Crippen molar-refractivity contribution in [1.82, 2.24) is 4.98 Å². The molecule has 0 unspecified atom stereocenters. The summed E-state index contributed by atoms with van der Waals surface area (Å²) < 4.78 is 0. The number of phenols is 1. The Labute approximate surface area is 304 Å². The number of nitrogens with one attached hydrogen (secondary N) is 1. The van der Waals surface area contributed by atoms with Crippen LogP contribution in [0.25, 0.3) is 43.7 Å². The second-order valence-electron chi connectivity index (χ2n) is 13.2. The lowest BCUT2D eigenvalue weighted by atomic mass is 10.0. The second-order valence-corrected chi connectivity index (χ2v) is 13.2. The molecule has 0 atom stereocenters. The second kappa shape index (κ2) is 17.9. The van der Waals surface area contributed by atoms with Gasteiger partial charge < -0.3 is 10.1 Å². The fraction of sp³-hybridized carbons (Fsp3) is 0.184. The maximum Gasteiger partial charge on any atom is 0.123 e. The van der Waals surface area contributed by atoms with Gasteiger partial charge in [-0.25, -0.2) is 0 Å². The molecule has 0 aliphatic heterocycles. The normalized spacial score (nSPS) is 10.9. The van der Waals surface area contributed by atoms with Crippen molar-refractivity contribution >= 4 is 32.6 Å². The molecule has 2 nitrogen and oxygen atoms in total. The highest BCUT2D eigenvalue weighted by molar-refractivity contribution is 6.09. The van der Waals surface area contributed by atoms with Crippen LogP contribution >= 0.6 is 0 Å². The van der Waals surface area contributed by atoms with Crippen molar-refractivity contribution in [2.24, 2.45) is 0 Å². The Balaban J connectivity index is 0.000000140. The Morgan fingerprint density at radius 1 is 0.451 bits per heavy atom. The molecule has 51 heavy (non-hydrogen) atoms. The largest absolute Gasteiger partial charge is 0.507 e. The van der Waals surface area contributed by atoms with Crippen LogP contribution in [0.3, 0.4) is 0 Å². The van der Waals surface area contributed by atoms with Gasteiger partial charge in [-0.3, -0.25) is 0 Å². The van der Waals surface area contributed by atoms with E-state index in [2.05, 4.69) is 142 Å². The topological polar surface area (TPSA) is 36.0 Å². The molecule has 1 aliphatic carbocycles. The number of aromatic hydroxyl groups is 1. The fourth-order valence-corrected chi connectivity index (χ4v) is 6.37. The standard InChI is InChI=1S/C19H13N.C10H8O.2C9H12.C2H6/c1-2-6-14-12(5-1)9-13-10-17-15-7-3-4-8-18(15)20-19(17)11-16(13)14;11-10-7-3-5-8-4-1-2-6-9(8)10;2*1-8(2)9-6-4-3-5-7-9;1-2/h1-8,10-11,20H,9H2;1-7,11H;2*3-8H,1-2H3;1-2H3. The van der Waals surface area contributed by atoms with Gasteiger partial charge in [0.2, 0.25) is 0 Å². The van der Waals surface area contributed by atoms with E-state index in [1.807, 2.05) is 62.4 Å². The van der Waals surface area contributed by atoms with E-state index in [0.29, 0.717) is 17.6 Å². The number of aromatic nitrogens is 1. The summed E-state index contributed by atoms with van der Waals surface area (Å²) in [7, 11) is 0. The highest BCUT2D eigenvalue weighted by atomic mass is 16.3. The van der Waals surface area contributed by atoms with Crippen molar-refractivity contribution < 1.29 is 5.11 Å². The van der Waals surface area contributed by atoms with Crippen molar-refractivity contribution in [3.05, 3.63) is 186 Å². The van der Waals surface area contributed by atoms with Crippen LogP contribution in [-0.4, -0.2) is 10.1 Å². The molecule has 0 fully saturated rings. The minimum atomic E-state index is 0.350. The third-order valence-corrected chi connectivity index (χ3v) is 9.12. The molecule has 8 aromatic rings. The van der Waals surface area contributed by atoms with Gasteiger partial charge in [0, 0.05) is 27.2 Å². The molecule has 1 aromatic heterocycles. The molecular formula is C49H51NO. The van der Waals surface area contributed by atoms with Crippen LogP contribution in [-0.2, 0) is 6.42 Å². The summed E-state index contributed by atoms with van der Waals surface area (Å²) in [6.45, 7) is 12.8. The Morgan fingerprint density at radius 3 is 1.59 bits per heavy atom. The van der Waals surface area contributed by atoms with Crippen molar-refractivity contribution in [2.45, 2.75) is 59.8 Å². The quantitative estimate of drug-likeness (QED) is 0.189. The first-order valence-corrected chi connectivity index (χ1v) is 18.3. The minimum Gasteiger partial charge on any atom is -0.507 e. The summed E-state index contributed by atoms with van der Waals surface area (Å²) in [5.41, 5.74) is 11.0. The first kappa shape index (κ1) is 36.7. The molecule has 0 amide bonds. The van der Waals surface area contributed by atoms with E-state index in [0.717, 1.165) is 17.2 Å². The van der Waals surface area contributed by atoms with E-state index in [4.69, 9.17) is 0 Å². The third-order valence-electron chi connectivity index (χ3n) is 9.12. The zero-order valence-corrected chi connectivity index (χ0v) is 30.9. The van der Waals surface area contributed by atoms with Gasteiger partial charge in [-0.15, -0.1) is 0 Å². The van der Waals surface area contributed by atoms with Gasteiger partial charge in [0.15, 0.2) is 0 Å². The molecule has 0 saturated carbocycles. The fourth-order valence-electron chi connectivity index (χ4n) is 6.37. The smallest absolute Gasteiger partial charge is 0.123 e. The van der Waals surface area contributed by atoms with Crippen LogP contribution in [0.2, 0.25) is 0 Å². The van der Waals surface area contributed by atoms with Crippen LogP contribution in [0.5, 0.6) is 5.75 Å². The van der Waals surface area contributed by atoms with Gasteiger partial charge in [0.25, 0.3) is 0 Å². The maximum atomic E-state index is 9.37. The Kier molecular flexibility index (Phi) is 12.9. The van der Waals surface area contributed by atoms with E-state index in [9.17, 15) is 5.11 Å². The van der Waals surface area contributed by atoms with E-state index < -0.39 is 0 Å². The first-order chi connectivity index (χ1) is 24.9. The van der Waals surface area contributed by atoms with Gasteiger partial charge in [0.1, 0.15) is 5.75 Å². The van der Waals surface area contributed by atoms with Crippen molar-refractivity contribution in [3.8, 4) is 16.9 Å². The van der Waals surface area contributed by atoms with Crippen LogP contribution in [0.4, 0.5) is 0 Å². The summed E-state index contributed by atoms with van der Waals surface area (Å²) in [6.07, 6.45) is 1.06. The summed E-state index contributed by atoms with van der Waals surface area (Å²) in [4.78, 5) is 3.54. The highest BCUT2D eigenvalue weighted by Gasteiger charge is 2.19. The molecule has 2 heteroatoms. The minimum absolute atomic E-state index is 0.350. The molecule has 9 rings (SSSR count). The Bertz CT molecular complexity index is 2210. The molecule has 0 saturated heterocycles. The van der Waals surface area contributed by atoms with E-state index >= 15 is 0 Å². The lowest BCUT2D eigenvalue weighted by molar-refractivity contribution is 0.481. The van der Waals surface area contributed by atoms with Crippen molar-refractivity contribution in [2.75, 3.05) is 0 Å². The number of hydrogen-bond acceptors (Lipinski definition) is 1. The van der Waals surface area contributed by atoms with Gasteiger partial charge >= 0.3 is 0 Å². The van der Waals surface area contributed by atoms with Gasteiger partial charge in [0.05, 0.1) is 0 Å². The number of H-pyrrole nitrogens is 1. The molecule has 7 aromatic carbocycles. The number of fused-ring (bicyclic) bond motifs is 7. The first-order valence-electron chi connectivity index (χ1n) is 18.3. The zero-order chi connectivity index (χ0) is 36.2. The molecule has 0 spiro atoms. The molecular weight excluding hydrogens is 619 g/mol. The van der Waals surface area contributed by atoms with E-state index in [1.54, 1.807) is 6.07 Å². The molecule has 2 N–H and O–H groups in total. The third kappa shape index (κ3) is 9.15. The van der Waals surface area contributed by atoms with Crippen LogP contribution in [0.1, 0.15) is 75.6 Å². The number of phenolic OH excluding ortho intramolecular Hbond substituents is 1. The molecule has 0 bridgehead atoms. The predicted octanol–water partition coefficient (Wildman–Crippen LogP) is 14.1. The highest BCUT2D eigenvalue weighted by Crippen LogP contribution is 2.40. The average molecular weight is 670 g/mol. The monoisotopic (exact) mass is 669 g/mol. The van der Waals surface area contributed by atoms with Crippen molar-refractivity contribution in [3.63, 3.8) is 0 Å². The van der Waals surface area contributed by atoms with Crippen LogP contribution in [0.15, 0.2) is 164 Å². The van der Waals surface area contributed by atoms with Crippen LogP contribution in [0, 0.1) is 0 Å². The lowest BCUT2D eigenvalue weighted by Crippen LogP contribution is -1.83. The molecule has 258 valence electrons. The van der Waals surface area contributed by atoms with Gasteiger partial charge in [-0.05, 0) is 81.3 Å². The lowest BCUT2D eigenvalue weighted by Gasteiger charge is -2.01. The van der Waals surface area contributed by atoms with E-state index in [1.165, 1.54) is 55.2 Å². The molecule has 0 radical (unpaired) electrons. The Hall–Kier alpha value is -5.60. The zero-order valence-electron chi connectivity index (χ0n) is 30.9. The Morgan fingerprint density at radius 2 is 0.980 bits per heavy atom. The SMILES string of the molecule is CC.CC(C)c1ccccc1.CC(C)c1ccccc1.Oc1cccc2ccccc12.c1ccc2c(c1)Cc1cc3c(cc1-2)[nH]c1ccccc13. The van der Waals surface area contributed by atoms with Gasteiger partial charge in [-0.1, -0.05) is 181 Å². The maximum absolute atomic E-state index is 9.37. The number of aromatic amines is 1. The molecule has 1 aliphatic rings. The van der Waals surface area contributed by atoms with Crippen molar-refractivity contribution in [1.29, 1.82) is 0 Å². The number of rotatable bonds is 2. The van der Waals surface area contributed by atoms with Gasteiger partial charge in [-0.2, -0.15) is 0 Å². The number of hydrogen-bond donors (Lipinski definition) is 2. The van der Waals surface area contributed by atoms with Crippen LogP contribution < -0.4 is 0 Å². The summed E-state index contributed by atoms with van der Waals surface area (Å²) in [5, 5.41) is 14.0. The summed E-state index contributed by atoms with van der Waals surface area (Å²) in [5.74, 6) is 1.67. The average Bonchev–Trinajstić information content (AvgIpc) is 3.73. The molecule has 1 heterocycles. The number of para-hydroxylation sites is 1. The summed E-state index contributed by atoms with van der Waals surface area (Å²) in [6, 6.07) is 56.3. The predicted molar refractivity (Wildman–Crippen MR) is 222 cm³/mol.